The molecule has 8 atom stereocenters. The Morgan fingerprint density at radius 1 is 0.164 bits per heavy atom. The molecule has 0 heteroatoms. The molecular weight excluding hydrogens is 661 g/mol. The largest absolute Gasteiger partial charge is 0.0533 e. The monoisotopic (exact) mass is 753 g/mol. The maximum Gasteiger partial charge on any atom is -0.0323 e. The third-order valence-corrected chi connectivity index (χ3v) is 21.6. The Bertz CT molecular complexity index is 1010. The van der Waals surface area contributed by atoms with Gasteiger partial charge in [0, 0.05) is 0 Å². The minimum atomic E-state index is 1.16. The molecule has 312 valence electrons. The lowest BCUT2D eigenvalue weighted by molar-refractivity contribution is 0.0198. The molecule has 16 saturated carbocycles. The Labute approximate surface area is 342 Å². The molecule has 16 aliphatic carbocycles. The minimum absolute atomic E-state index is 1.16. The summed E-state index contributed by atoms with van der Waals surface area (Å²) in [4.78, 5) is 0. The van der Waals surface area contributed by atoms with Crippen LogP contribution in [-0.2, 0) is 0 Å². The van der Waals surface area contributed by atoms with E-state index in [4.69, 9.17) is 0 Å². The topological polar surface area (TPSA) is 0 Å². The molecule has 0 nitrogen and oxygen atoms in total. The average Bonchev–Trinajstić information content (AvgIpc) is 4.10. The smallest absolute Gasteiger partial charge is 0.0323 e. The van der Waals surface area contributed by atoms with Crippen molar-refractivity contribution in [2.45, 2.75) is 238 Å². The zero-order valence-corrected chi connectivity index (χ0v) is 36.6. The SMILES string of the molecule is C1C2CC3CC1CC(C2)C3.C1CC2C3CCC(C3)C2C1.C1CC2CC1C1C3CCC(C3)C21.C1CC2CCC1C2.C1CCC2CCCCC2C1.C1CCCCC1. The number of hydrogen-bond donors (Lipinski definition) is 0. The molecule has 0 radical (unpaired) electrons. The second kappa shape index (κ2) is 18.3. The lowest BCUT2D eigenvalue weighted by Crippen LogP contribution is -2.38. The Hall–Kier alpha value is 0. The highest BCUT2D eigenvalue weighted by Crippen LogP contribution is 2.67. The molecule has 0 N–H and O–H groups in total. The lowest BCUT2D eigenvalue weighted by Gasteiger charge is -2.49. The first-order valence-electron chi connectivity index (χ1n) is 27.2. The van der Waals surface area contributed by atoms with Gasteiger partial charge in [-0.25, -0.2) is 0 Å². The van der Waals surface area contributed by atoms with Crippen molar-refractivity contribution in [1.82, 2.24) is 0 Å². The minimum Gasteiger partial charge on any atom is -0.0533 e. The van der Waals surface area contributed by atoms with Crippen LogP contribution in [0.3, 0.4) is 0 Å². The molecule has 0 aliphatic heterocycles. The third kappa shape index (κ3) is 9.05. The van der Waals surface area contributed by atoms with Gasteiger partial charge < -0.3 is 0 Å². The maximum absolute atomic E-state index is 1.64. The molecule has 16 aliphatic rings. The highest BCUT2D eigenvalue weighted by molar-refractivity contribution is 5.08. The van der Waals surface area contributed by atoms with Crippen molar-refractivity contribution >= 4 is 0 Å². The summed E-state index contributed by atoms with van der Waals surface area (Å²) >= 11 is 0. The van der Waals surface area contributed by atoms with Gasteiger partial charge in [0.05, 0.1) is 0 Å². The molecule has 12 bridgehead atoms. The molecule has 0 spiro atoms. The van der Waals surface area contributed by atoms with Crippen molar-refractivity contribution in [3.8, 4) is 0 Å². The first kappa shape index (κ1) is 39.2. The fourth-order valence-corrected chi connectivity index (χ4v) is 19.6. The van der Waals surface area contributed by atoms with Crippen molar-refractivity contribution in [3.63, 3.8) is 0 Å². The maximum atomic E-state index is 1.64. The first-order valence-corrected chi connectivity index (χ1v) is 27.2. The van der Waals surface area contributed by atoms with Crippen LogP contribution in [0, 0.1) is 107 Å². The van der Waals surface area contributed by atoms with Gasteiger partial charge in [-0.3, -0.25) is 0 Å². The van der Waals surface area contributed by atoms with E-state index in [2.05, 4.69) is 0 Å². The van der Waals surface area contributed by atoms with Gasteiger partial charge >= 0.3 is 0 Å². The van der Waals surface area contributed by atoms with Gasteiger partial charge in [-0.1, -0.05) is 122 Å². The summed E-state index contributed by atoms with van der Waals surface area (Å²) in [6.45, 7) is 0. The average molecular weight is 753 g/mol. The number of hydrogen-bond acceptors (Lipinski definition) is 0. The molecule has 55 heavy (non-hydrogen) atoms. The molecule has 0 aromatic carbocycles. The molecule has 16 fully saturated rings. The standard InChI is InChI=1S/C12H18.2C10H16.C10H18.C7H12.C6H12/c1-2-8-5-7(1)11-9-3-4-10(6-9)12(8)11;1-7-2-9-4-8(1)5-10(3-7)6-9;1-2-9-7-4-5-8(6-7)10(9)3-1;1-2-6-10-8-4-3-7-9(10)5-1;1-2-7-4-3-6(1)5-7;1-2-4-6-5-3-1/h7-12H,1-6H2;2*7-10H,1-6H2;9-10H,1-8H2;6-7H,1-5H2;1-6H2. The second-order valence-electron chi connectivity index (χ2n) is 24.6. The Morgan fingerprint density at radius 2 is 0.455 bits per heavy atom. The van der Waals surface area contributed by atoms with Crippen LogP contribution in [0.4, 0.5) is 0 Å². The predicted molar refractivity (Wildman–Crippen MR) is 234 cm³/mol. The van der Waals surface area contributed by atoms with E-state index in [9.17, 15) is 0 Å². The summed E-state index contributed by atoms with van der Waals surface area (Å²) < 4.78 is 0. The van der Waals surface area contributed by atoms with Crippen LogP contribution < -0.4 is 0 Å². The highest BCUT2D eigenvalue weighted by atomic mass is 14.6. The molecular formula is C55H92. The molecule has 0 heterocycles. The van der Waals surface area contributed by atoms with Crippen LogP contribution in [-0.4, -0.2) is 0 Å². The van der Waals surface area contributed by atoms with Crippen molar-refractivity contribution in [2.75, 3.05) is 0 Å². The van der Waals surface area contributed by atoms with Gasteiger partial charge in [0.15, 0.2) is 0 Å². The molecule has 0 aromatic heterocycles. The van der Waals surface area contributed by atoms with Crippen LogP contribution in [0.2, 0.25) is 0 Å². The number of rotatable bonds is 0. The van der Waals surface area contributed by atoms with Gasteiger partial charge in [-0.05, 0) is 222 Å². The summed E-state index contributed by atoms with van der Waals surface area (Å²) in [6.07, 6.45) is 58.0. The van der Waals surface area contributed by atoms with E-state index in [0.717, 1.165) is 11.8 Å². The predicted octanol–water partition coefficient (Wildman–Crippen LogP) is 16.6. The fourth-order valence-electron chi connectivity index (χ4n) is 19.6. The van der Waals surface area contributed by atoms with Gasteiger partial charge in [-0.2, -0.15) is 0 Å². The summed E-state index contributed by atoms with van der Waals surface area (Å²) in [5, 5.41) is 0. The van der Waals surface area contributed by atoms with Gasteiger partial charge in [-0.15, -0.1) is 0 Å². The van der Waals surface area contributed by atoms with Gasteiger partial charge in [0.25, 0.3) is 0 Å². The van der Waals surface area contributed by atoms with Crippen molar-refractivity contribution < 1.29 is 0 Å². The van der Waals surface area contributed by atoms with E-state index in [-0.39, 0.29) is 0 Å². The highest BCUT2D eigenvalue weighted by Gasteiger charge is 2.59. The quantitative estimate of drug-likeness (QED) is 0.216. The molecule has 0 aromatic rings. The Kier molecular flexibility index (Phi) is 13.0. The van der Waals surface area contributed by atoms with E-state index in [1.807, 2.05) is 0 Å². The lowest BCUT2D eigenvalue weighted by atomic mass is 9.56. The van der Waals surface area contributed by atoms with Crippen molar-refractivity contribution in [2.24, 2.45) is 107 Å². The molecule has 16 rings (SSSR count). The fraction of sp³-hybridized carbons (Fsp3) is 1.00. The van der Waals surface area contributed by atoms with E-state index >= 15 is 0 Å². The normalized spacial score (nSPS) is 51.5. The molecule has 8 unspecified atom stereocenters. The van der Waals surface area contributed by atoms with Gasteiger partial charge in [0.1, 0.15) is 0 Å². The molecule has 0 saturated heterocycles. The zero-order chi connectivity index (χ0) is 36.6. The zero-order valence-electron chi connectivity index (χ0n) is 36.6. The van der Waals surface area contributed by atoms with Crippen LogP contribution in [0.25, 0.3) is 0 Å². The summed E-state index contributed by atoms with van der Waals surface area (Å²) in [5.41, 5.74) is 0. The second-order valence-corrected chi connectivity index (χ2v) is 24.6. The Morgan fingerprint density at radius 3 is 0.764 bits per heavy atom. The Balaban J connectivity index is 0.0000000824. The van der Waals surface area contributed by atoms with E-state index in [1.165, 1.54) is 159 Å². The van der Waals surface area contributed by atoms with Crippen LogP contribution in [0.5, 0.6) is 0 Å². The van der Waals surface area contributed by atoms with Gasteiger partial charge in [0.2, 0.25) is 0 Å². The van der Waals surface area contributed by atoms with Crippen molar-refractivity contribution in [3.05, 3.63) is 0 Å². The number of fused-ring (bicyclic) bond motifs is 17. The third-order valence-electron chi connectivity index (χ3n) is 21.6. The van der Waals surface area contributed by atoms with Crippen LogP contribution in [0.1, 0.15) is 238 Å². The first-order chi connectivity index (χ1) is 27.2. The van der Waals surface area contributed by atoms with E-state index in [0.29, 0.717) is 0 Å². The van der Waals surface area contributed by atoms with E-state index < -0.39 is 0 Å². The van der Waals surface area contributed by atoms with Crippen LogP contribution >= 0.6 is 0 Å². The molecule has 0 amide bonds. The summed E-state index contributed by atoms with van der Waals surface area (Å²) in [5.74, 6) is 21.5. The van der Waals surface area contributed by atoms with Crippen LogP contribution in [0.15, 0.2) is 0 Å². The summed E-state index contributed by atoms with van der Waals surface area (Å²) in [7, 11) is 0. The van der Waals surface area contributed by atoms with Crippen molar-refractivity contribution in [1.29, 1.82) is 0 Å². The summed E-state index contributed by atoms with van der Waals surface area (Å²) in [6, 6.07) is 0. The van der Waals surface area contributed by atoms with E-state index in [1.54, 1.807) is 173 Å².